The Morgan fingerprint density at radius 3 is 2.78 bits per heavy atom. The van der Waals surface area contributed by atoms with E-state index in [1.807, 2.05) is 29.6 Å². The van der Waals surface area contributed by atoms with E-state index in [0.29, 0.717) is 6.61 Å². The lowest BCUT2D eigenvalue weighted by atomic mass is 10.2. The van der Waals surface area contributed by atoms with Crippen LogP contribution >= 0.6 is 22.9 Å². The third kappa shape index (κ3) is 3.45. The molecule has 0 saturated heterocycles. The van der Waals surface area contributed by atoms with Gasteiger partial charge in [-0.3, -0.25) is 0 Å². The van der Waals surface area contributed by atoms with Crippen molar-refractivity contribution >= 4 is 28.1 Å². The van der Waals surface area contributed by atoms with Crippen molar-refractivity contribution in [1.29, 1.82) is 0 Å². The smallest absolute Gasteiger partial charge is 0.183 e. The number of halogens is 1. The summed E-state index contributed by atoms with van der Waals surface area (Å²) in [4.78, 5) is 4.54. The number of hydrogen-bond donors (Lipinski definition) is 1. The zero-order valence-electron chi connectivity index (χ0n) is 10.3. The first-order valence-corrected chi connectivity index (χ1v) is 6.91. The van der Waals surface area contributed by atoms with Crippen LogP contribution in [0.2, 0.25) is 5.02 Å². The zero-order chi connectivity index (χ0) is 13.0. The third-order valence-electron chi connectivity index (χ3n) is 2.43. The van der Waals surface area contributed by atoms with Crippen molar-refractivity contribution in [3.8, 4) is 11.3 Å². The summed E-state index contributed by atoms with van der Waals surface area (Å²) in [7, 11) is 1.69. The lowest BCUT2D eigenvalue weighted by Gasteiger charge is -2.10. The van der Waals surface area contributed by atoms with Crippen LogP contribution in [0.1, 0.15) is 6.92 Å². The predicted octanol–water partition coefficient (Wildman–Crippen LogP) is 3.91. The first-order chi connectivity index (χ1) is 8.69. The molecule has 96 valence electrons. The van der Waals surface area contributed by atoms with Gasteiger partial charge < -0.3 is 10.1 Å². The van der Waals surface area contributed by atoms with E-state index in [1.165, 1.54) is 0 Å². The fourth-order valence-electron chi connectivity index (χ4n) is 1.60. The van der Waals surface area contributed by atoms with Gasteiger partial charge in [0.15, 0.2) is 5.13 Å². The van der Waals surface area contributed by atoms with Gasteiger partial charge in [0.2, 0.25) is 0 Å². The Balaban J connectivity index is 2.08. The second kappa shape index (κ2) is 6.18. The number of nitrogens with one attached hydrogen (secondary N) is 1. The van der Waals surface area contributed by atoms with Crippen molar-refractivity contribution in [2.24, 2.45) is 0 Å². The zero-order valence-corrected chi connectivity index (χ0v) is 11.9. The van der Waals surface area contributed by atoms with Crippen LogP contribution < -0.4 is 5.32 Å². The van der Waals surface area contributed by atoms with E-state index in [-0.39, 0.29) is 6.04 Å². The molecule has 0 bridgehead atoms. The summed E-state index contributed by atoms with van der Waals surface area (Å²) in [6, 6.07) is 7.94. The Hall–Kier alpha value is -1.10. The van der Waals surface area contributed by atoms with Crippen LogP contribution in [0, 0.1) is 0 Å². The predicted molar refractivity (Wildman–Crippen MR) is 77.5 cm³/mol. The molecule has 2 rings (SSSR count). The molecule has 5 heteroatoms. The summed E-state index contributed by atoms with van der Waals surface area (Å²) in [6.45, 7) is 2.72. The molecule has 1 aromatic carbocycles. The monoisotopic (exact) mass is 282 g/mol. The van der Waals surface area contributed by atoms with Crippen LogP contribution in [0.25, 0.3) is 11.3 Å². The first kappa shape index (κ1) is 13.3. The highest BCUT2D eigenvalue weighted by molar-refractivity contribution is 7.14. The van der Waals surface area contributed by atoms with Crippen molar-refractivity contribution in [2.45, 2.75) is 13.0 Å². The van der Waals surface area contributed by atoms with Crippen molar-refractivity contribution in [3.63, 3.8) is 0 Å². The van der Waals surface area contributed by atoms with Crippen LogP contribution in [0.15, 0.2) is 29.6 Å². The second-order valence-electron chi connectivity index (χ2n) is 4.05. The minimum absolute atomic E-state index is 0.249. The molecule has 0 unspecified atom stereocenters. The fraction of sp³-hybridized carbons (Fsp3) is 0.308. The summed E-state index contributed by atoms with van der Waals surface area (Å²) in [6.07, 6.45) is 0. The molecule has 1 atom stereocenters. The molecule has 0 amide bonds. The number of ether oxygens (including phenoxy) is 1. The van der Waals surface area contributed by atoms with Crippen LogP contribution in [0.3, 0.4) is 0 Å². The molecule has 0 aliphatic rings. The number of nitrogens with zero attached hydrogens (tertiary/aromatic N) is 1. The Bertz CT molecular complexity index is 498. The van der Waals surface area contributed by atoms with Crippen LogP contribution in [0.5, 0.6) is 0 Å². The van der Waals surface area contributed by atoms with E-state index >= 15 is 0 Å². The van der Waals surface area contributed by atoms with Crippen LogP contribution in [-0.4, -0.2) is 24.7 Å². The Kier molecular flexibility index (Phi) is 4.58. The SMILES string of the molecule is COC[C@@H](C)Nc1nc(-c2ccc(Cl)cc2)cs1. The van der Waals surface area contributed by atoms with Crippen LogP contribution in [-0.2, 0) is 4.74 Å². The van der Waals surface area contributed by atoms with Gasteiger partial charge in [-0.2, -0.15) is 0 Å². The van der Waals surface area contributed by atoms with E-state index in [2.05, 4.69) is 17.2 Å². The van der Waals surface area contributed by atoms with E-state index in [9.17, 15) is 0 Å². The maximum Gasteiger partial charge on any atom is 0.183 e. The number of thiazole rings is 1. The van der Waals surface area contributed by atoms with Gasteiger partial charge in [-0.1, -0.05) is 23.7 Å². The van der Waals surface area contributed by atoms with Gasteiger partial charge in [-0.05, 0) is 19.1 Å². The Morgan fingerprint density at radius 1 is 1.39 bits per heavy atom. The quantitative estimate of drug-likeness (QED) is 0.903. The topological polar surface area (TPSA) is 34.1 Å². The Labute approximate surface area is 116 Å². The van der Waals surface area contributed by atoms with Gasteiger partial charge in [-0.25, -0.2) is 4.98 Å². The van der Waals surface area contributed by atoms with Crippen molar-refractivity contribution in [3.05, 3.63) is 34.7 Å². The van der Waals surface area contributed by atoms with E-state index in [1.54, 1.807) is 18.4 Å². The molecule has 1 aromatic heterocycles. The second-order valence-corrected chi connectivity index (χ2v) is 5.34. The highest BCUT2D eigenvalue weighted by Crippen LogP contribution is 2.26. The van der Waals surface area contributed by atoms with Gasteiger partial charge in [0.25, 0.3) is 0 Å². The average molecular weight is 283 g/mol. The van der Waals surface area contributed by atoms with Gasteiger partial charge in [0, 0.05) is 29.1 Å². The molecule has 2 aromatic rings. The normalized spacial score (nSPS) is 12.4. The molecular formula is C13H15ClN2OS. The number of benzene rings is 1. The maximum absolute atomic E-state index is 5.86. The number of hydrogen-bond acceptors (Lipinski definition) is 4. The summed E-state index contributed by atoms with van der Waals surface area (Å²) in [5, 5.41) is 6.98. The van der Waals surface area contributed by atoms with E-state index in [4.69, 9.17) is 16.3 Å². The molecule has 0 aliphatic carbocycles. The third-order valence-corrected chi connectivity index (χ3v) is 3.46. The summed E-state index contributed by atoms with van der Waals surface area (Å²) >= 11 is 7.46. The van der Waals surface area contributed by atoms with Crippen molar-refractivity contribution in [1.82, 2.24) is 4.98 Å². The van der Waals surface area contributed by atoms with Crippen molar-refractivity contribution in [2.75, 3.05) is 19.0 Å². The fourth-order valence-corrected chi connectivity index (χ4v) is 2.55. The summed E-state index contributed by atoms with van der Waals surface area (Å²) in [5.74, 6) is 0. The largest absolute Gasteiger partial charge is 0.383 e. The van der Waals surface area contributed by atoms with Gasteiger partial charge in [-0.15, -0.1) is 11.3 Å². The Morgan fingerprint density at radius 2 is 2.11 bits per heavy atom. The number of anilines is 1. The lowest BCUT2D eigenvalue weighted by Crippen LogP contribution is -2.20. The van der Waals surface area contributed by atoms with E-state index < -0.39 is 0 Å². The summed E-state index contributed by atoms with van der Waals surface area (Å²) < 4.78 is 5.08. The molecule has 3 nitrogen and oxygen atoms in total. The van der Waals surface area contributed by atoms with Gasteiger partial charge >= 0.3 is 0 Å². The molecule has 0 aliphatic heterocycles. The molecule has 18 heavy (non-hydrogen) atoms. The van der Waals surface area contributed by atoms with Crippen LogP contribution in [0.4, 0.5) is 5.13 Å². The molecule has 1 heterocycles. The van der Waals surface area contributed by atoms with Gasteiger partial charge in [0.05, 0.1) is 12.3 Å². The average Bonchev–Trinajstić information content (AvgIpc) is 2.78. The molecule has 1 N–H and O–H groups in total. The number of methoxy groups -OCH3 is 1. The highest BCUT2D eigenvalue weighted by atomic mass is 35.5. The molecule has 0 spiro atoms. The van der Waals surface area contributed by atoms with E-state index in [0.717, 1.165) is 21.4 Å². The molecule has 0 radical (unpaired) electrons. The summed E-state index contributed by atoms with van der Waals surface area (Å²) in [5.41, 5.74) is 2.03. The van der Waals surface area contributed by atoms with Crippen molar-refractivity contribution < 1.29 is 4.74 Å². The molecule has 0 fully saturated rings. The minimum Gasteiger partial charge on any atom is -0.383 e. The minimum atomic E-state index is 0.249. The molecular weight excluding hydrogens is 268 g/mol. The standard InChI is InChI=1S/C13H15ClN2OS/c1-9(7-17-2)15-13-16-12(8-18-13)10-3-5-11(14)6-4-10/h3-6,8-9H,7H2,1-2H3,(H,15,16)/t9-/m1/s1. The van der Waals surface area contributed by atoms with Gasteiger partial charge in [0.1, 0.15) is 0 Å². The maximum atomic E-state index is 5.86. The highest BCUT2D eigenvalue weighted by Gasteiger charge is 2.07. The first-order valence-electron chi connectivity index (χ1n) is 5.66. The number of aromatic nitrogens is 1. The number of rotatable bonds is 5. The molecule has 0 saturated carbocycles. The lowest BCUT2D eigenvalue weighted by molar-refractivity contribution is 0.190.